The second-order valence-corrected chi connectivity index (χ2v) is 5.28. The molecule has 0 saturated heterocycles. The van der Waals surface area contributed by atoms with Gasteiger partial charge in [0.25, 0.3) is 0 Å². The quantitative estimate of drug-likeness (QED) is 0.616. The molecule has 0 heterocycles. The zero-order chi connectivity index (χ0) is 14.6. The van der Waals surface area contributed by atoms with Crippen LogP contribution in [0.2, 0.25) is 0 Å². The fraction of sp³-hybridized carbons (Fsp3) is 0.385. The van der Waals surface area contributed by atoms with Crippen molar-refractivity contribution in [3.63, 3.8) is 0 Å². The lowest BCUT2D eigenvalue weighted by Crippen LogP contribution is -2.15. The van der Waals surface area contributed by atoms with E-state index in [0.29, 0.717) is 12.4 Å². The first-order chi connectivity index (χ1) is 8.88. The standard InChI is InChI=1S/C13H15BrO5/c1-3-19-10-5-4-8(12(16)13(17)18)6-9(10)11(15)7(2)14/h4-7,12,16H,3H2,1-2H3,(H,17,18). The zero-order valence-electron chi connectivity index (χ0n) is 10.6. The lowest BCUT2D eigenvalue weighted by atomic mass is 10.0. The normalized spacial score (nSPS) is 13.7. The van der Waals surface area contributed by atoms with Gasteiger partial charge in [0, 0.05) is 0 Å². The SMILES string of the molecule is CCOc1ccc(C(O)C(=O)O)cc1C(=O)C(C)Br. The number of hydrogen-bond donors (Lipinski definition) is 2. The fourth-order valence-corrected chi connectivity index (χ4v) is 1.80. The van der Waals surface area contributed by atoms with Gasteiger partial charge in [-0.2, -0.15) is 0 Å². The van der Waals surface area contributed by atoms with Crippen LogP contribution in [0.1, 0.15) is 35.9 Å². The Kier molecular flexibility index (Phi) is 5.50. The molecular formula is C13H15BrO5. The van der Waals surface area contributed by atoms with Crippen LogP contribution in [0.3, 0.4) is 0 Å². The lowest BCUT2D eigenvalue weighted by Gasteiger charge is -2.13. The van der Waals surface area contributed by atoms with Crippen LogP contribution in [0.25, 0.3) is 0 Å². The molecule has 0 radical (unpaired) electrons. The fourth-order valence-electron chi connectivity index (χ4n) is 1.55. The molecule has 0 aliphatic heterocycles. The number of carbonyl (C=O) groups excluding carboxylic acids is 1. The summed E-state index contributed by atoms with van der Waals surface area (Å²) < 4.78 is 5.33. The molecule has 0 aromatic heterocycles. The summed E-state index contributed by atoms with van der Waals surface area (Å²) in [5.74, 6) is -1.22. The van der Waals surface area contributed by atoms with Gasteiger partial charge in [0.2, 0.25) is 0 Å². The number of ketones is 1. The second kappa shape index (κ2) is 6.68. The van der Waals surface area contributed by atoms with Crippen molar-refractivity contribution in [2.45, 2.75) is 24.8 Å². The van der Waals surface area contributed by atoms with Crippen LogP contribution in [0.5, 0.6) is 5.75 Å². The molecule has 0 saturated carbocycles. The first kappa shape index (κ1) is 15.7. The van der Waals surface area contributed by atoms with Crippen molar-refractivity contribution in [2.75, 3.05) is 6.61 Å². The Morgan fingerprint density at radius 1 is 1.42 bits per heavy atom. The van der Waals surface area contributed by atoms with Gasteiger partial charge in [-0.3, -0.25) is 4.79 Å². The van der Waals surface area contributed by atoms with E-state index in [1.54, 1.807) is 13.8 Å². The van der Waals surface area contributed by atoms with Crippen LogP contribution in [-0.4, -0.2) is 33.4 Å². The van der Waals surface area contributed by atoms with E-state index < -0.39 is 16.9 Å². The Hall–Kier alpha value is -1.40. The molecule has 2 unspecified atom stereocenters. The van der Waals surface area contributed by atoms with Crippen molar-refractivity contribution in [1.29, 1.82) is 0 Å². The first-order valence-electron chi connectivity index (χ1n) is 5.74. The minimum Gasteiger partial charge on any atom is -0.493 e. The van der Waals surface area contributed by atoms with Crippen LogP contribution in [0.4, 0.5) is 0 Å². The van der Waals surface area contributed by atoms with Crippen LogP contribution < -0.4 is 4.74 Å². The van der Waals surface area contributed by atoms with E-state index in [1.165, 1.54) is 18.2 Å². The predicted molar refractivity (Wildman–Crippen MR) is 72.9 cm³/mol. The predicted octanol–water partition coefficient (Wildman–Crippen LogP) is 2.17. The van der Waals surface area contributed by atoms with E-state index >= 15 is 0 Å². The molecule has 0 spiro atoms. The number of aliphatic hydroxyl groups is 1. The number of carbonyl (C=O) groups is 2. The third-order valence-corrected chi connectivity index (χ3v) is 2.90. The minimum atomic E-state index is -1.66. The molecule has 0 aliphatic rings. The Balaban J connectivity index is 3.25. The average Bonchev–Trinajstić information content (AvgIpc) is 2.37. The summed E-state index contributed by atoms with van der Waals surface area (Å²) in [6.45, 7) is 3.84. The van der Waals surface area contributed by atoms with Gasteiger partial charge < -0.3 is 14.9 Å². The molecule has 1 rings (SSSR count). The number of hydrogen-bond acceptors (Lipinski definition) is 4. The maximum absolute atomic E-state index is 12.0. The van der Waals surface area contributed by atoms with Gasteiger partial charge in [0.15, 0.2) is 11.9 Å². The molecule has 1 aromatic rings. The molecule has 5 nitrogen and oxygen atoms in total. The van der Waals surface area contributed by atoms with Gasteiger partial charge >= 0.3 is 5.97 Å². The van der Waals surface area contributed by atoms with E-state index in [9.17, 15) is 14.7 Å². The van der Waals surface area contributed by atoms with Gasteiger partial charge in [-0.25, -0.2) is 4.79 Å². The molecule has 104 valence electrons. The number of benzene rings is 1. The van der Waals surface area contributed by atoms with Crippen molar-refractivity contribution in [1.82, 2.24) is 0 Å². The zero-order valence-corrected chi connectivity index (χ0v) is 12.2. The number of alkyl halides is 1. The molecule has 2 atom stereocenters. The highest BCUT2D eigenvalue weighted by Gasteiger charge is 2.22. The Morgan fingerprint density at radius 3 is 2.53 bits per heavy atom. The number of Topliss-reactive ketones (excluding diaryl/α,β-unsaturated/α-hetero) is 1. The van der Waals surface area contributed by atoms with Gasteiger partial charge in [-0.1, -0.05) is 22.0 Å². The van der Waals surface area contributed by atoms with Gasteiger partial charge in [0.1, 0.15) is 5.75 Å². The van der Waals surface area contributed by atoms with Crippen LogP contribution in [-0.2, 0) is 4.79 Å². The summed E-state index contributed by atoms with van der Waals surface area (Å²) in [5.41, 5.74) is 0.400. The van der Waals surface area contributed by atoms with E-state index in [0.717, 1.165) is 0 Å². The van der Waals surface area contributed by atoms with Crippen molar-refractivity contribution >= 4 is 27.7 Å². The maximum Gasteiger partial charge on any atom is 0.337 e. The number of aliphatic hydroxyl groups excluding tert-OH is 1. The largest absolute Gasteiger partial charge is 0.493 e. The van der Waals surface area contributed by atoms with Crippen molar-refractivity contribution in [2.24, 2.45) is 0 Å². The molecule has 1 aromatic carbocycles. The number of halogens is 1. The summed E-state index contributed by atoms with van der Waals surface area (Å²) in [6.07, 6.45) is -1.66. The van der Waals surface area contributed by atoms with Gasteiger partial charge in [-0.05, 0) is 31.5 Å². The Bertz CT molecular complexity index is 484. The van der Waals surface area contributed by atoms with Gasteiger partial charge in [0.05, 0.1) is 17.0 Å². The lowest BCUT2D eigenvalue weighted by molar-refractivity contribution is -0.146. The second-order valence-electron chi connectivity index (χ2n) is 3.91. The van der Waals surface area contributed by atoms with Crippen molar-refractivity contribution in [3.8, 4) is 5.75 Å². The molecule has 0 fully saturated rings. The topological polar surface area (TPSA) is 83.8 Å². The minimum absolute atomic E-state index is 0.146. The number of ether oxygens (including phenoxy) is 1. The van der Waals surface area contributed by atoms with E-state index in [2.05, 4.69) is 15.9 Å². The smallest absolute Gasteiger partial charge is 0.337 e. The first-order valence-corrected chi connectivity index (χ1v) is 6.66. The number of carboxylic acids is 1. The summed E-state index contributed by atoms with van der Waals surface area (Å²) in [7, 11) is 0. The molecule has 0 aliphatic carbocycles. The molecule has 19 heavy (non-hydrogen) atoms. The highest BCUT2D eigenvalue weighted by Crippen LogP contribution is 2.26. The van der Waals surface area contributed by atoms with Crippen LogP contribution in [0, 0.1) is 0 Å². The van der Waals surface area contributed by atoms with Crippen molar-refractivity contribution < 1.29 is 24.5 Å². The highest BCUT2D eigenvalue weighted by molar-refractivity contribution is 9.10. The van der Waals surface area contributed by atoms with Gasteiger partial charge in [-0.15, -0.1) is 0 Å². The number of rotatable bonds is 6. The van der Waals surface area contributed by atoms with E-state index in [4.69, 9.17) is 9.84 Å². The molecular weight excluding hydrogens is 316 g/mol. The maximum atomic E-state index is 12.0. The summed E-state index contributed by atoms with van der Waals surface area (Å²) >= 11 is 3.17. The molecule has 0 amide bonds. The number of carboxylic acid groups (broad SMARTS) is 1. The summed E-state index contributed by atoms with van der Waals surface area (Å²) in [4.78, 5) is 22.4. The Morgan fingerprint density at radius 2 is 2.05 bits per heavy atom. The average molecular weight is 331 g/mol. The van der Waals surface area contributed by atoms with E-state index in [1.807, 2.05) is 0 Å². The highest BCUT2D eigenvalue weighted by atomic mass is 79.9. The third-order valence-electron chi connectivity index (χ3n) is 2.48. The van der Waals surface area contributed by atoms with Crippen LogP contribution >= 0.6 is 15.9 Å². The third kappa shape index (κ3) is 3.78. The number of aliphatic carboxylic acids is 1. The summed E-state index contributed by atoms with van der Waals surface area (Å²) in [6, 6.07) is 4.27. The van der Waals surface area contributed by atoms with E-state index in [-0.39, 0.29) is 16.9 Å². The molecule has 2 N–H and O–H groups in total. The Labute approximate surface area is 119 Å². The van der Waals surface area contributed by atoms with Crippen molar-refractivity contribution in [3.05, 3.63) is 29.3 Å². The van der Waals surface area contributed by atoms with Crippen LogP contribution in [0.15, 0.2) is 18.2 Å². The molecule has 6 heteroatoms. The monoisotopic (exact) mass is 330 g/mol. The summed E-state index contributed by atoms with van der Waals surface area (Å²) in [5, 5.41) is 18.3. The molecule has 0 bridgehead atoms.